The van der Waals surface area contributed by atoms with Crippen molar-refractivity contribution in [3.05, 3.63) is 0 Å². The summed E-state index contributed by atoms with van der Waals surface area (Å²) in [5, 5.41) is 3.60. The van der Waals surface area contributed by atoms with Gasteiger partial charge in [-0.1, -0.05) is 13.8 Å². The fraction of sp³-hybridized carbons (Fsp3) is 1.00. The number of hydrogen-bond donors (Lipinski definition) is 2. The van der Waals surface area contributed by atoms with Crippen LogP contribution in [0.15, 0.2) is 0 Å². The van der Waals surface area contributed by atoms with Crippen LogP contribution in [0.25, 0.3) is 0 Å². The van der Waals surface area contributed by atoms with Gasteiger partial charge in [-0.15, -0.1) is 0 Å². The summed E-state index contributed by atoms with van der Waals surface area (Å²) in [5.74, 6) is 2.29. The number of rotatable bonds is 6. The molecule has 2 unspecified atom stereocenters. The van der Waals surface area contributed by atoms with Gasteiger partial charge < -0.3 is 11.1 Å². The van der Waals surface area contributed by atoms with Crippen LogP contribution >= 0.6 is 0 Å². The molecule has 3 N–H and O–H groups in total. The first-order valence-corrected chi connectivity index (χ1v) is 5.58. The van der Waals surface area contributed by atoms with E-state index in [0.29, 0.717) is 17.9 Å². The molecule has 2 nitrogen and oxygen atoms in total. The molecule has 0 aromatic heterocycles. The van der Waals surface area contributed by atoms with Crippen molar-refractivity contribution in [2.24, 2.45) is 23.5 Å². The molecule has 0 aliphatic heterocycles. The second-order valence-corrected chi connectivity index (χ2v) is 4.77. The van der Waals surface area contributed by atoms with Crippen molar-refractivity contribution < 1.29 is 0 Å². The highest BCUT2D eigenvalue weighted by molar-refractivity contribution is 4.84. The summed E-state index contributed by atoms with van der Waals surface area (Å²) in [7, 11) is 0. The second kappa shape index (κ2) is 4.97. The molecule has 0 saturated heterocycles. The molecular formula is C11H24N2. The summed E-state index contributed by atoms with van der Waals surface area (Å²) >= 11 is 0. The Balaban J connectivity index is 2.14. The van der Waals surface area contributed by atoms with Crippen LogP contribution in [0.5, 0.6) is 0 Å². The van der Waals surface area contributed by atoms with Crippen molar-refractivity contribution in [1.82, 2.24) is 5.32 Å². The monoisotopic (exact) mass is 184 g/mol. The fourth-order valence-electron chi connectivity index (χ4n) is 1.69. The molecule has 2 atom stereocenters. The third-order valence-corrected chi connectivity index (χ3v) is 3.28. The molecule has 0 amide bonds. The van der Waals surface area contributed by atoms with Crippen LogP contribution in [0.1, 0.15) is 33.6 Å². The van der Waals surface area contributed by atoms with Gasteiger partial charge in [0.15, 0.2) is 0 Å². The average Bonchev–Trinajstić information content (AvgIpc) is 2.86. The third kappa shape index (κ3) is 3.65. The summed E-state index contributed by atoms with van der Waals surface area (Å²) in [6.45, 7) is 8.70. The number of hydrogen-bond acceptors (Lipinski definition) is 2. The quantitative estimate of drug-likeness (QED) is 0.658. The topological polar surface area (TPSA) is 38.0 Å². The van der Waals surface area contributed by atoms with Gasteiger partial charge in [0.1, 0.15) is 0 Å². The molecule has 2 heteroatoms. The average molecular weight is 184 g/mol. The Bertz CT molecular complexity index is 141. The molecule has 1 rings (SSSR count). The van der Waals surface area contributed by atoms with E-state index < -0.39 is 0 Å². The van der Waals surface area contributed by atoms with Gasteiger partial charge in [0, 0.05) is 6.04 Å². The predicted molar refractivity (Wildman–Crippen MR) is 57.6 cm³/mol. The smallest absolute Gasteiger partial charge is 0.00671 e. The zero-order chi connectivity index (χ0) is 9.84. The molecular weight excluding hydrogens is 160 g/mol. The molecule has 0 radical (unpaired) electrons. The Morgan fingerprint density at radius 1 is 1.31 bits per heavy atom. The Labute approximate surface area is 82.3 Å². The lowest BCUT2D eigenvalue weighted by molar-refractivity contribution is 0.345. The zero-order valence-electron chi connectivity index (χ0n) is 9.22. The fourth-order valence-corrected chi connectivity index (χ4v) is 1.69. The van der Waals surface area contributed by atoms with E-state index in [0.717, 1.165) is 19.0 Å². The first kappa shape index (κ1) is 11.0. The predicted octanol–water partition coefficient (Wildman–Crippen LogP) is 1.61. The standard InChI is InChI=1S/C11H24N2/c1-8(2)11(6-12)7-13-9(3)10-4-5-10/h8-11,13H,4-7,12H2,1-3H3. The number of nitrogens with two attached hydrogens (primary N) is 1. The molecule has 0 bridgehead atoms. The van der Waals surface area contributed by atoms with Crippen LogP contribution in [-0.2, 0) is 0 Å². The first-order chi connectivity index (χ1) is 6.15. The van der Waals surface area contributed by atoms with Gasteiger partial charge in [-0.3, -0.25) is 0 Å². The number of nitrogens with one attached hydrogen (secondary N) is 1. The van der Waals surface area contributed by atoms with Crippen molar-refractivity contribution >= 4 is 0 Å². The van der Waals surface area contributed by atoms with Gasteiger partial charge in [0.05, 0.1) is 0 Å². The normalized spacial score (nSPS) is 21.9. The summed E-state index contributed by atoms with van der Waals surface area (Å²) in [5.41, 5.74) is 5.71. The van der Waals surface area contributed by atoms with Crippen molar-refractivity contribution in [2.75, 3.05) is 13.1 Å². The van der Waals surface area contributed by atoms with Gasteiger partial charge >= 0.3 is 0 Å². The maximum atomic E-state index is 5.71. The van der Waals surface area contributed by atoms with E-state index in [9.17, 15) is 0 Å². The zero-order valence-corrected chi connectivity index (χ0v) is 9.22. The highest BCUT2D eigenvalue weighted by Crippen LogP contribution is 2.32. The lowest BCUT2D eigenvalue weighted by atomic mass is 9.95. The van der Waals surface area contributed by atoms with Crippen LogP contribution in [-0.4, -0.2) is 19.1 Å². The first-order valence-electron chi connectivity index (χ1n) is 5.58. The van der Waals surface area contributed by atoms with Crippen molar-refractivity contribution in [3.63, 3.8) is 0 Å². The summed E-state index contributed by atoms with van der Waals surface area (Å²) < 4.78 is 0. The van der Waals surface area contributed by atoms with E-state index in [-0.39, 0.29) is 0 Å². The van der Waals surface area contributed by atoms with Gasteiger partial charge in [-0.05, 0) is 50.6 Å². The molecule has 1 aliphatic rings. The van der Waals surface area contributed by atoms with Crippen molar-refractivity contribution in [1.29, 1.82) is 0 Å². The Hall–Kier alpha value is -0.0800. The van der Waals surface area contributed by atoms with Crippen molar-refractivity contribution in [2.45, 2.75) is 39.7 Å². The Morgan fingerprint density at radius 3 is 2.31 bits per heavy atom. The van der Waals surface area contributed by atoms with E-state index in [1.165, 1.54) is 12.8 Å². The van der Waals surface area contributed by atoms with Crippen molar-refractivity contribution in [3.8, 4) is 0 Å². The van der Waals surface area contributed by atoms with E-state index in [2.05, 4.69) is 26.1 Å². The summed E-state index contributed by atoms with van der Waals surface area (Å²) in [6, 6.07) is 0.702. The van der Waals surface area contributed by atoms with Crippen LogP contribution < -0.4 is 11.1 Å². The molecule has 0 heterocycles. The molecule has 13 heavy (non-hydrogen) atoms. The van der Waals surface area contributed by atoms with Crippen LogP contribution in [0.3, 0.4) is 0 Å². The molecule has 78 valence electrons. The van der Waals surface area contributed by atoms with Crippen LogP contribution in [0.4, 0.5) is 0 Å². The van der Waals surface area contributed by atoms with E-state index >= 15 is 0 Å². The Morgan fingerprint density at radius 2 is 1.92 bits per heavy atom. The Kier molecular flexibility index (Phi) is 4.20. The lowest BCUT2D eigenvalue weighted by Gasteiger charge is -2.22. The SMILES string of the molecule is CC(C)C(CN)CNC(C)C1CC1. The minimum Gasteiger partial charge on any atom is -0.330 e. The van der Waals surface area contributed by atoms with Gasteiger partial charge in [-0.25, -0.2) is 0 Å². The van der Waals surface area contributed by atoms with E-state index in [4.69, 9.17) is 5.73 Å². The minimum absolute atomic E-state index is 0.640. The van der Waals surface area contributed by atoms with E-state index in [1.54, 1.807) is 0 Å². The molecule has 0 spiro atoms. The highest BCUT2D eigenvalue weighted by Gasteiger charge is 2.27. The van der Waals surface area contributed by atoms with Crippen LogP contribution in [0, 0.1) is 17.8 Å². The molecule has 1 aliphatic carbocycles. The van der Waals surface area contributed by atoms with Gasteiger partial charge in [-0.2, -0.15) is 0 Å². The second-order valence-electron chi connectivity index (χ2n) is 4.77. The van der Waals surface area contributed by atoms with E-state index in [1.807, 2.05) is 0 Å². The maximum absolute atomic E-state index is 5.71. The molecule has 1 fully saturated rings. The van der Waals surface area contributed by atoms with Crippen LogP contribution in [0.2, 0.25) is 0 Å². The molecule has 1 saturated carbocycles. The summed E-state index contributed by atoms with van der Waals surface area (Å²) in [4.78, 5) is 0. The maximum Gasteiger partial charge on any atom is 0.00671 e. The molecule has 0 aromatic carbocycles. The third-order valence-electron chi connectivity index (χ3n) is 3.28. The van der Waals surface area contributed by atoms with Gasteiger partial charge in [0.25, 0.3) is 0 Å². The largest absolute Gasteiger partial charge is 0.330 e. The lowest BCUT2D eigenvalue weighted by Crippen LogP contribution is -2.37. The molecule has 0 aromatic rings. The minimum atomic E-state index is 0.640. The summed E-state index contributed by atoms with van der Waals surface area (Å²) in [6.07, 6.45) is 2.84. The highest BCUT2D eigenvalue weighted by atomic mass is 14.9. The van der Waals surface area contributed by atoms with Gasteiger partial charge in [0.2, 0.25) is 0 Å².